The third-order valence-corrected chi connectivity index (χ3v) is 4.74. The first-order valence-electron chi connectivity index (χ1n) is 6.26. The first kappa shape index (κ1) is 12.5. The summed E-state index contributed by atoms with van der Waals surface area (Å²) in [4.78, 5) is 23.9. The summed E-state index contributed by atoms with van der Waals surface area (Å²) in [5.41, 5.74) is 1.16. The van der Waals surface area contributed by atoms with Gasteiger partial charge < -0.3 is 5.11 Å². The van der Waals surface area contributed by atoms with Gasteiger partial charge >= 0.3 is 0 Å². The fraction of sp³-hybridized carbons (Fsp3) is 0.714. The number of hydrogen-bond donors (Lipinski definition) is 1. The number of carbonyl (C=O) groups excluding carboxylic acids is 2. The van der Waals surface area contributed by atoms with Crippen molar-refractivity contribution in [1.29, 1.82) is 0 Å². The van der Waals surface area contributed by atoms with E-state index in [-0.39, 0.29) is 30.0 Å². The lowest BCUT2D eigenvalue weighted by Crippen LogP contribution is -2.46. The van der Waals surface area contributed by atoms with Gasteiger partial charge in [-0.3, -0.25) is 9.59 Å². The third-order valence-electron chi connectivity index (χ3n) is 4.74. The fourth-order valence-electron chi connectivity index (χ4n) is 3.38. The molecule has 0 radical (unpaired) electrons. The molecule has 0 unspecified atom stereocenters. The van der Waals surface area contributed by atoms with Crippen LogP contribution in [0.5, 0.6) is 0 Å². The zero-order valence-corrected chi connectivity index (χ0v) is 10.7. The monoisotopic (exact) mass is 236 g/mol. The van der Waals surface area contributed by atoms with Gasteiger partial charge in [-0.05, 0) is 36.3 Å². The van der Waals surface area contributed by atoms with E-state index >= 15 is 0 Å². The number of aliphatic hydroxyl groups is 1. The Kier molecular flexibility index (Phi) is 2.98. The number of rotatable bonds is 1. The molecule has 0 heterocycles. The van der Waals surface area contributed by atoms with Crippen LogP contribution >= 0.6 is 0 Å². The molecule has 0 aromatic heterocycles. The average Bonchev–Trinajstić information content (AvgIpc) is 2.27. The highest BCUT2D eigenvalue weighted by atomic mass is 16.3. The van der Waals surface area contributed by atoms with Crippen molar-refractivity contribution in [2.75, 3.05) is 6.61 Å². The molecule has 1 fully saturated rings. The molecule has 2 atom stereocenters. The molecule has 0 aliphatic heterocycles. The normalized spacial score (nSPS) is 32.7. The Balaban J connectivity index is 2.44. The maximum Gasteiger partial charge on any atom is 0.158 e. The first-order chi connectivity index (χ1) is 7.89. The second-order valence-corrected chi connectivity index (χ2v) is 5.83. The summed E-state index contributed by atoms with van der Waals surface area (Å²) in [5, 5.41) is 9.46. The quantitative estimate of drug-likeness (QED) is 0.756. The number of Topliss-reactive ketones (excluding diaryl/α,β-unsaturated/α-hetero) is 2. The molecule has 3 heteroatoms. The number of carbonyl (C=O) groups is 2. The van der Waals surface area contributed by atoms with Crippen LogP contribution in [0, 0.1) is 17.3 Å². The minimum absolute atomic E-state index is 0.0526. The highest BCUT2D eigenvalue weighted by Gasteiger charge is 2.48. The molecule has 0 aromatic rings. The van der Waals surface area contributed by atoms with Crippen LogP contribution in [0.1, 0.15) is 40.0 Å². The van der Waals surface area contributed by atoms with E-state index < -0.39 is 5.41 Å². The maximum atomic E-state index is 12.0. The zero-order chi connectivity index (χ0) is 12.8. The van der Waals surface area contributed by atoms with Crippen molar-refractivity contribution >= 4 is 11.6 Å². The minimum atomic E-state index is -0.431. The summed E-state index contributed by atoms with van der Waals surface area (Å²) in [6, 6.07) is 0. The molecule has 0 aromatic carbocycles. The Bertz CT molecular complexity index is 404. The molecule has 0 amide bonds. The number of aliphatic hydroxyl groups excluding tert-OH is 1. The highest BCUT2D eigenvalue weighted by molar-refractivity contribution is 5.98. The molecular weight excluding hydrogens is 216 g/mol. The predicted octanol–water partition coefficient (Wildman–Crippen LogP) is 1.89. The lowest BCUT2D eigenvalue weighted by Gasteiger charge is -2.46. The van der Waals surface area contributed by atoms with Crippen molar-refractivity contribution in [3.63, 3.8) is 0 Å². The Labute approximate surface area is 102 Å². The molecule has 2 aliphatic carbocycles. The number of hydrogen-bond acceptors (Lipinski definition) is 3. The molecule has 2 rings (SSSR count). The van der Waals surface area contributed by atoms with Crippen molar-refractivity contribution < 1.29 is 14.7 Å². The van der Waals surface area contributed by atoms with Gasteiger partial charge in [-0.2, -0.15) is 0 Å². The number of allylic oxidation sites excluding steroid dienone is 1. The lowest BCUT2D eigenvalue weighted by molar-refractivity contribution is -0.136. The fourth-order valence-corrected chi connectivity index (χ4v) is 3.38. The Hall–Kier alpha value is -0.960. The predicted molar refractivity (Wildman–Crippen MR) is 64.4 cm³/mol. The van der Waals surface area contributed by atoms with Crippen LogP contribution in [0.2, 0.25) is 0 Å². The second kappa shape index (κ2) is 4.05. The second-order valence-electron chi connectivity index (χ2n) is 5.83. The van der Waals surface area contributed by atoms with E-state index in [1.165, 1.54) is 0 Å². The molecule has 0 bridgehead atoms. The molecule has 1 N–H and O–H groups in total. The summed E-state index contributed by atoms with van der Waals surface area (Å²) >= 11 is 0. The molecule has 0 saturated heterocycles. The van der Waals surface area contributed by atoms with Crippen LogP contribution in [0.3, 0.4) is 0 Å². The molecule has 2 aliphatic rings. The molecule has 3 nitrogen and oxygen atoms in total. The lowest BCUT2D eigenvalue weighted by atomic mass is 9.57. The third kappa shape index (κ3) is 1.77. The van der Waals surface area contributed by atoms with E-state index in [1.54, 1.807) is 6.92 Å². The van der Waals surface area contributed by atoms with Gasteiger partial charge in [-0.15, -0.1) is 0 Å². The smallest absolute Gasteiger partial charge is 0.158 e. The summed E-state index contributed by atoms with van der Waals surface area (Å²) in [7, 11) is 0. The van der Waals surface area contributed by atoms with Gasteiger partial charge in [0.2, 0.25) is 0 Å². The van der Waals surface area contributed by atoms with Crippen molar-refractivity contribution in [2.45, 2.75) is 40.0 Å². The minimum Gasteiger partial charge on any atom is -0.392 e. The molecule has 0 spiro atoms. The largest absolute Gasteiger partial charge is 0.392 e. The van der Waals surface area contributed by atoms with Gasteiger partial charge in [-0.1, -0.05) is 13.8 Å². The summed E-state index contributed by atoms with van der Waals surface area (Å²) in [5.74, 6) is 0.633. The van der Waals surface area contributed by atoms with Crippen LogP contribution < -0.4 is 0 Å². The maximum absolute atomic E-state index is 12.0. The summed E-state index contributed by atoms with van der Waals surface area (Å²) < 4.78 is 0. The van der Waals surface area contributed by atoms with Crippen LogP contribution in [0.15, 0.2) is 11.1 Å². The highest BCUT2D eigenvalue weighted by Crippen LogP contribution is 2.49. The van der Waals surface area contributed by atoms with Gasteiger partial charge in [0.1, 0.15) is 5.78 Å². The van der Waals surface area contributed by atoms with Gasteiger partial charge in [0.05, 0.1) is 6.61 Å². The Morgan fingerprint density at radius 2 is 2.00 bits per heavy atom. The summed E-state index contributed by atoms with van der Waals surface area (Å²) in [6.07, 6.45) is 1.81. The van der Waals surface area contributed by atoms with Crippen molar-refractivity contribution in [2.24, 2.45) is 17.3 Å². The summed E-state index contributed by atoms with van der Waals surface area (Å²) in [6.45, 7) is 5.63. The molecule has 94 valence electrons. The Morgan fingerprint density at radius 1 is 1.35 bits per heavy atom. The Morgan fingerprint density at radius 3 is 2.59 bits per heavy atom. The van der Waals surface area contributed by atoms with E-state index in [0.717, 1.165) is 17.6 Å². The van der Waals surface area contributed by atoms with Crippen LogP contribution in [0.4, 0.5) is 0 Å². The van der Waals surface area contributed by atoms with Gasteiger partial charge in [0.15, 0.2) is 5.78 Å². The first-order valence-corrected chi connectivity index (χ1v) is 6.26. The van der Waals surface area contributed by atoms with E-state index in [9.17, 15) is 14.7 Å². The van der Waals surface area contributed by atoms with Gasteiger partial charge in [0, 0.05) is 18.3 Å². The van der Waals surface area contributed by atoms with Crippen LogP contribution in [-0.4, -0.2) is 23.3 Å². The van der Waals surface area contributed by atoms with Crippen molar-refractivity contribution in [3.8, 4) is 0 Å². The van der Waals surface area contributed by atoms with Gasteiger partial charge in [0.25, 0.3) is 0 Å². The number of fused-ring (bicyclic) bond motifs is 1. The average molecular weight is 236 g/mol. The molecule has 1 saturated carbocycles. The van der Waals surface area contributed by atoms with E-state index in [4.69, 9.17) is 0 Å². The van der Waals surface area contributed by atoms with E-state index in [2.05, 4.69) is 0 Å². The molecular formula is C14H20O3. The zero-order valence-electron chi connectivity index (χ0n) is 10.7. The van der Waals surface area contributed by atoms with Crippen LogP contribution in [0.25, 0.3) is 0 Å². The van der Waals surface area contributed by atoms with E-state index in [0.29, 0.717) is 12.8 Å². The van der Waals surface area contributed by atoms with Crippen molar-refractivity contribution in [1.82, 2.24) is 0 Å². The van der Waals surface area contributed by atoms with Gasteiger partial charge in [-0.25, -0.2) is 0 Å². The number of ketones is 2. The SMILES string of the molecule is CC1=C(CO)[C@H]2CCC(=O)C(C)(C)[C@@H]2CC1=O. The standard InChI is InChI=1S/C14H20O3/c1-8-10(7-15)9-4-5-13(17)14(2,3)11(9)6-12(8)16/h9,11,15H,4-7H2,1-3H3/t9-,11-/m1/s1. The van der Waals surface area contributed by atoms with Crippen molar-refractivity contribution in [3.05, 3.63) is 11.1 Å². The topological polar surface area (TPSA) is 54.4 Å². The van der Waals surface area contributed by atoms with E-state index in [1.807, 2.05) is 13.8 Å². The van der Waals surface area contributed by atoms with Crippen LogP contribution in [-0.2, 0) is 9.59 Å². The molecule has 17 heavy (non-hydrogen) atoms.